The molecule has 7 nitrogen and oxygen atoms in total. The summed E-state index contributed by atoms with van der Waals surface area (Å²) in [5.74, 6) is 1.47. The normalized spacial score (nSPS) is 18.2. The third kappa shape index (κ3) is 6.87. The summed E-state index contributed by atoms with van der Waals surface area (Å²) in [6, 6.07) is 10.4. The van der Waals surface area contributed by atoms with Crippen molar-refractivity contribution in [1.82, 2.24) is 25.3 Å². The lowest BCUT2D eigenvalue weighted by molar-refractivity contribution is -0.0284. The fourth-order valence-electron chi connectivity index (χ4n) is 3.65. The van der Waals surface area contributed by atoms with E-state index in [1.165, 1.54) is 11.1 Å². The van der Waals surface area contributed by atoms with Crippen LogP contribution in [0, 0.1) is 5.92 Å². The minimum atomic E-state index is 0.188. The first-order chi connectivity index (χ1) is 14.1. The number of hydrogen-bond donors (Lipinski definition) is 2. The molecule has 3 rings (SSSR count). The monoisotopic (exact) mass is 398 g/mol. The quantitative estimate of drug-likeness (QED) is 0.526. The predicted octanol–water partition coefficient (Wildman–Crippen LogP) is 1.95. The fraction of sp³-hybridized carbons (Fsp3) is 0.545. The molecule has 0 amide bonds. The zero-order valence-corrected chi connectivity index (χ0v) is 17.8. The van der Waals surface area contributed by atoms with Gasteiger partial charge in [0.05, 0.1) is 19.3 Å². The van der Waals surface area contributed by atoms with Crippen LogP contribution in [0.1, 0.15) is 25.0 Å². The molecule has 1 unspecified atom stereocenters. The van der Waals surface area contributed by atoms with Gasteiger partial charge in [0.15, 0.2) is 5.96 Å². The number of benzene rings is 1. The highest BCUT2D eigenvalue weighted by Gasteiger charge is 2.21. The Labute approximate surface area is 174 Å². The number of ether oxygens (including phenoxy) is 1. The molecular weight excluding hydrogens is 364 g/mol. The zero-order valence-electron chi connectivity index (χ0n) is 17.8. The molecular formula is C22H34N6O. The first-order valence-corrected chi connectivity index (χ1v) is 10.5. The first-order valence-electron chi connectivity index (χ1n) is 10.5. The van der Waals surface area contributed by atoms with E-state index in [0.29, 0.717) is 12.5 Å². The Bertz CT molecular complexity index is 758. The van der Waals surface area contributed by atoms with Gasteiger partial charge in [0, 0.05) is 52.2 Å². The van der Waals surface area contributed by atoms with Gasteiger partial charge in [0.2, 0.25) is 0 Å². The molecule has 1 atom stereocenters. The Morgan fingerprint density at radius 1 is 1.24 bits per heavy atom. The zero-order chi connectivity index (χ0) is 20.5. The van der Waals surface area contributed by atoms with Gasteiger partial charge in [-0.25, -0.2) is 0 Å². The molecule has 0 spiro atoms. The molecule has 2 heterocycles. The highest BCUT2D eigenvalue weighted by atomic mass is 16.5. The largest absolute Gasteiger partial charge is 0.374 e. The van der Waals surface area contributed by atoms with Gasteiger partial charge in [-0.1, -0.05) is 38.1 Å². The summed E-state index contributed by atoms with van der Waals surface area (Å²) in [5.41, 5.74) is 2.49. The lowest BCUT2D eigenvalue weighted by atomic mass is 10.1. The average molecular weight is 399 g/mol. The highest BCUT2D eigenvalue weighted by molar-refractivity contribution is 5.79. The molecule has 0 radical (unpaired) electrons. The number of aromatic nitrogens is 2. The smallest absolute Gasteiger partial charge is 0.191 e. The Morgan fingerprint density at radius 3 is 2.79 bits per heavy atom. The van der Waals surface area contributed by atoms with Crippen LogP contribution in [0.3, 0.4) is 0 Å². The van der Waals surface area contributed by atoms with Gasteiger partial charge < -0.3 is 15.4 Å². The Hall–Kier alpha value is -2.38. The van der Waals surface area contributed by atoms with Gasteiger partial charge in [-0.2, -0.15) is 5.10 Å². The second-order valence-electron chi connectivity index (χ2n) is 7.93. The molecule has 1 saturated heterocycles. The van der Waals surface area contributed by atoms with Crippen LogP contribution in [0.4, 0.5) is 0 Å². The molecule has 29 heavy (non-hydrogen) atoms. The molecule has 2 aromatic rings. The lowest BCUT2D eigenvalue weighted by Gasteiger charge is -2.34. The Kier molecular flexibility index (Phi) is 8.07. The first kappa shape index (κ1) is 21.3. The summed E-state index contributed by atoms with van der Waals surface area (Å²) in [6.07, 6.45) is 3.98. The molecule has 7 heteroatoms. The van der Waals surface area contributed by atoms with Gasteiger partial charge in [0.1, 0.15) is 0 Å². The Morgan fingerprint density at radius 2 is 2.07 bits per heavy atom. The van der Waals surface area contributed by atoms with Gasteiger partial charge in [-0.3, -0.25) is 14.6 Å². The molecule has 0 saturated carbocycles. The number of guanidine groups is 1. The summed E-state index contributed by atoms with van der Waals surface area (Å²) in [4.78, 5) is 6.86. The van der Waals surface area contributed by atoms with E-state index in [0.717, 1.165) is 45.3 Å². The second-order valence-corrected chi connectivity index (χ2v) is 7.93. The number of hydrogen-bond acceptors (Lipinski definition) is 4. The van der Waals surface area contributed by atoms with Crippen molar-refractivity contribution >= 4 is 5.96 Å². The van der Waals surface area contributed by atoms with E-state index in [2.05, 4.69) is 63.7 Å². The Balaban J connectivity index is 1.48. The topological polar surface area (TPSA) is 66.7 Å². The summed E-state index contributed by atoms with van der Waals surface area (Å²) in [6.45, 7) is 10.7. The van der Waals surface area contributed by atoms with Crippen molar-refractivity contribution in [1.29, 1.82) is 0 Å². The maximum Gasteiger partial charge on any atom is 0.191 e. The van der Waals surface area contributed by atoms with Gasteiger partial charge in [-0.15, -0.1) is 0 Å². The van der Waals surface area contributed by atoms with E-state index in [-0.39, 0.29) is 6.10 Å². The van der Waals surface area contributed by atoms with Crippen molar-refractivity contribution in [2.24, 2.45) is 10.9 Å². The molecule has 2 N–H and O–H groups in total. The maximum atomic E-state index is 5.93. The molecule has 1 aliphatic rings. The number of nitrogens with one attached hydrogen (secondary N) is 2. The molecule has 1 aromatic heterocycles. The van der Waals surface area contributed by atoms with Crippen molar-refractivity contribution in [2.45, 2.75) is 33.0 Å². The van der Waals surface area contributed by atoms with E-state index >= 15 is 0 Å². The standard InChI is InChI=1S/C22H34N6O/c1-18(2)15-27-11-12-29-21(17-27)14-25-22(23-3)24-13-19-7-4-5-8-20(19)16-28-10-6-9-26-28/h4-10,18,21H,11-17H2,1-3H3,(H2,23,24,25). The van der Waals surface area contributed by atoms with Crippen LogP contribution in [-0.2, 0) is 17.8 Å². The van der Waals surface area contributed by atoms with Gasteiger partial charge in [-0.05, 0) is 23.1 Å². The molecule has 1 aliphatic heterocycles. The van der Waals surface area contributed by atoms with Gasteiger partial charge >= 0.3 is 0 Å². The van der Waals surface area contributed by atoms with E-state index in [1.807, 2.05) is 23.1 Å². The van der Waals surface area contributed by atoms with Crippen molar-refractivity contribution in [3.05, 3.63) is 53.9 Å². The van der Waals surface area contributed by atoms with E-state index < -0.39 is 0 Å². The minimum absolute atomic E-state index is 0.188. The molecule has 158 valence electrons. The molecule has 0 bridgehead atoms. The van der Waals surface area contributed by atoms with Crippen molar-refractivity contribution in [3.8, 4) is 0 Å². The third-order valence-corrected chi connectivity index (χ3v) is 5.02. The van der Waals surface area contributed by atoms with Crippen LogP contribution in [0.5, 0.6) is 0 Å². The van der Waals surface area contributed by atoms with Crippen LogP contribution in [0.2, 0.25) is 0 Å². The molecule has 0 aliphatic carbocycles. The predicted molar refractivity (Wildman–Crippen MR) is 117 cm³/mol. The average Bonchev–Trinajstić information content (AvgIpc) is 3.22. The lowest BCUT2D eigenvalue weighted by Crippen LogP contribution is -2.50. The summed E-state index contributed by atoms with van der Waals surface area (Å²) in [7, 11) is 1.80. The second kappa shape index (κ2) is 11.0. The molecule has 1 aromatic carbocycles. The molecule has 1 fully saturated rings. The van der Waals surface area contributed by atoms with Crippen LogP contribution in [-0.4, -0.2) is 66.6 Å². The van der Waals surface area contributed by atoms with Crippen molar-refractivity contribution in [2.75, 3.05) is 39.8 Å². The summed E-state index contributed by atoms with van der Waals surface area (Å²) in [5, 5.41) is 11.2. The van der Waals surface area contributed by atoms with Crippen molar-refractivity contribution in [3.63, 3.8) is 0 Å². The van der Waals surface area contributed by atoms with E-state index in [9.17, 15) is 0 Å². The summed E-state index contributed by atoms with van der Waals surface area (Å²) >= 11 is 0. The SMILES string of the molecule is CN=C(NCc1ccccc1Cn1cccn1)NCC1CN(CC(C)C)CCO1. The number of morpholine rings is 1. The van der Waals surface area contributed by atoms with E-state index in [1.54, 1.807) is 7.05 Å². The maximum absolute atomic E-state index is 5.93. The summed E-state index contributed by atoms with van der Waals surface area (Å²) < 4.78 is 7.87. The van der Waals surface area contributed by atoms with Crippen LogP contribution in [0.15, 0.2) is 47.7 Å². The van der Waals surface area contributed by atoms with Crippen molar-refractivity contribution < 1.29 is 4.74 Å². The van der Waals surface area contributed by atoms with Gasteiger partial charge in [0.25, 0.3) is 0 Å². The minimum Gasteiger partial charge on any atom is -0.374 e. The number of aliphatic imine (C=N–C) groups is 1. The fourth-order valence-corrected chi connectivity index (χ4v) is 3.65. The third-order valence-electron chi connectivity index (χ3n) is 5.02. The van der Waals surface area contributed by atoms with Crippen LogP contribution < -0.4 is 10.6 Å². The number of nitrogens with zero attached hydrogens (tertiary/aromatic N) is 4. The van der Waals surface area contributed by atoms with Crippen LogP contribution in [0.25, 0.3) is 0 Å². The van der Waals surface area contributed by atoms with Crippen LogP contribution >= 0.6 is 0 Å². The number of rotatable bonds is 8. The van der Waals surface area contributed by atoms with E-state index in [4.69, 9.17) is 4.74 Å². The highest BCUT2D eigenvalue weighted by Crippen LogP contribution is 2.10.